The summed E-state index contributed by atoms with van der Waals surface area (Å²) in [6, 6.07) is 7.87. The number of alkyl halides is 1. The predicted octanol–water partition coefficient (Wildman–Crippen LogP) is 3.73. The number of halogens is 1. The molecule has 0 aliphatic heterocycles. The van der Waals surface area contributed by atoms with E-state index < -0.39 is 11.2 Å². The molecule has 0 spiro atoms. The molecule has 0 amide bonds. The van der Waals surface area contributed by atoms with Gasteiger partial charge in [0.15, 0.2) is 0 Å². The lowest BCUT2D eigenvalue weighted by molar-refractivity contribution is 0.0567. The zero-order valence-corrected chi connectivity index (χ0v) is 11.4. The third-order valence-corrected chi connectivity index (χ3v) is 3.93. The summed E-state index contributed by atoms with van der Waals surface area (Å²) in [7, 11) is 0. The number of nitrogens with one attached hydrogen (secondary N) is 1. The predicted molar refractivity (Wildman–Crippen MR) is 74.2 cm³/mol. The van der Waals surface area contributed by atoms with Crippen molar-refractivity contribution in [3.63, 3.8) is 0 Å². The maximum atomic E-state index is 14.6. The van der Waals surface area contributed by atoms with Crippen LogP contribution in [0.3, 0.4) is 0 Å². The number of hydrogen-bond donors (Lipinski definition) is 2. The van der Waals surface area contributed by atoms with Crippen molar-refractivity contribution < 1.29 is 4.39 Å². The molecule has 1 heterocycles. The van der Waals surface area contributed by atoms with Crippen LogP contribution in [-0.4, -0.2) is 10.7 Å². The van der Waals surface area contributed by atoms with Gasteiger partial charge < -0.3 is 10.7 Å². The van der Waals surface area contributed by atoms with Gasteiger partial charge in [0.1, 0.15) is 5.67 Å². The maximum absolute atomic E-state index is 14.6. The van der Waals surface area contributed by atoms with Gasteiger partial charge in [0, 0.05) is 22.7 Å². The molecule has 0 aliphatic rings. The highest BCUT2D eigenvalue weighted by Gasteiger charge is 2.47. The molecular formula is C15H21FN2. The van der Waals surface area contributed by atoms with Crippen LogP contribution in [-0.2, 0) is 5.54 Å². The first-order valence-corrected chi connectivity index (χ1v) is 6.33. The van der Waals surface area contributed by atoms with E-state index in [1.54, 1.807) is 13.8 Å². The van der Waals surface area contributed by atoms with E-state index in [4.69, 9.17) is 5.73 Å². The van der Waals surface area contributed by atoms with E-state index in [0.29, 0.717) is 0 Å². The van der Waals surface area contributed by atoms with Crippen LogP contribution in [0.25, 0.3) is 10.9 Å². The van der Waals surface area contributed by atoms with Gasteiger partial charge in [-0.2, -0.15) is 0 Å². The monoisotopic (exact) mass is 248 g/mol. The van der Waals surface area contributed by atoms with Crippen molar-refractivity contribution in [1.29, 1.82) is 0 Å². The molecule has 1 aromatic carbocycles. The van der Waals surface area contributed by atoms with E-state index in [9.17, 15) is 4.39 Å². The van der Waals surface area contributed by atoms with Gasteiger partial charge in [-0.15, -0.1) is 0 Å². The molecule has 0 saturated heterocycles. The molecule has 0 aliphatic carbocycles. The van der Waals surface area contributed by atoms with E-state index >= 15 is 0 Å². The highest BCUT2D eigenvalue weighted by molar-refractivity contribution is 5.84. The zero-order chi connectivity index (χ0) is 13.6. The summed E-state index contributed by atoms with van der Waals surface area (Å²) >= 11 is 0. The topological polar surface area (TPSA) is 41.8 Å². The smallest absolute Gasteiger partial charge is 0.127 e. The van der Waals surface area contributed by atoms with Gasteiger partial charge in [0.25, 0.3) is 0 Å². The van der Waals surface area contributed by atoms with Gasteiger partial charge in [-0.1, -0.05) is 32.0 Å². The summed E-state index contributed by atoms with van der Waals surface area (Å²) in [4.78, 5) is 3.17. The normalized spacial score (nSPS) is 16.2. The lowest BCUT2D eigenvalue weighted by Crippen LogP contribution is -2.55. The van der Waals surface area contributed by atoms with Crippen molar-refractivity contribution in [2.45, 2.75) is 38.9 Å². The van der Waals surface area contributed by atoms with E-state index in [1.165, 1.54) is 0 Å². The molecule has 0 bridgehead atoms. The van der Waals surface area contributed by atoms with Crippen LogP contribution in [0.4, 0.5) is 4.39 Å². The minimum Gasteiger partial charge on any atom is -0.361 e. The number of aromatic nitrogens is 1. The van der Waals surface area contributed by atoms with Crippen LogP contribution in [0.1, 0.15) is 33.3 Å². The number of hydrogen-bond acceptors (Lipinski definition) is 1. The number of H-pyrrole nitrogens is 1. The first-order chi connectivity index (χ1) is 8.28. The number of nitrogens with two attached hydrogens (primary N) is 1. The minimum absolute atomic E-state index is 0.00305. The third kappa shape index (κ3) is 1.74. The first kappa shape index (κ1) is 13.1. The Kier molecular flexibility index (Phi) is 2.98. The van der Waals surface area contributed by atoms with E-state index in [2.05, 4.69) is 4.98 Å². The van der Waals surface area contributed by atoms with Crippen LogP contribution >= 0.6 is 0 Å². The van der Waals surface area contributed by atoms with E-state index in [1.807, 2.05) is 44.3 Å². The summed E-state index contributed by atoms with van der Waals surface area (Å²) in [5.74, 6) is -0.00305. The molecule has 3 heteroatoms. The molecule has 98 valence electrons. The molecule has 1 aromatic heterocycles. The average Bonchev–Trinajstić information content (AvgIpc) is 2.70. The van der Waals surface area contributed by atoms with Crippen molar-refractivity contribution in [3.05, 3.63) is 36.0 Å². The molecule has 1 unspecified atom stereocenters. The van der Waals surface area contributed by atoms with Gasteiger partial charge in [-0.25, -0.2) is 4.39 Å². The van der Waals surface area contributed by atoms with Gasteiger partial charge in [-0.05, 0) is 25.8 Å². The number of aromatic amines is 1. The summed E-state index contributed by atoms with van der Waals surface area (Å²) in [6.45, 7) is 7.02. The van der Waals surface area contributed by atoms with Gasteiger partial charge in [0.2, 0.25) is 0 Å². The lowest BCUT2D eigenvalue weighted by atomic mass is 9.71. The number of para-hydroxylation sites is 1. The Morgan fingerprint density at radius 2 is 1.83 bits per heavy atom. The summed E-state index contributed by atoms with van der Waals surface area (Å²) in [5, 5.41) is 0.999. The Labute approximate surface area is 107 Å². The van der Waals surface area contributed by atoms with Crippen molar-refractivity contribution in [1.82, 2.24) is 4.98 Å². The summed E-state index contributed by atoms with van der Waals surface area (Å²) in [5.41, 5.74) is 5.79. The fraction of sp³-hybridized carbons (Fsp3) is 0.467. The largest absolute Gasteiger partial charge is 0.361 e. The Balaban J connectivity index is 2.71. The van der Waals surface area contributed by atoms with Crippen molar-refractivity contribution in [2.75, 3.05) is 0 Å². The minimum atomic E-state index is -1.49. The average molecular weight is 248 g/mol. The van der Waals surface area contributed by atoms with E-state index in [0.717, 1.165) is 16.5 Å². The highest BCUT2D eigenvalue weighted by atomic mass is 19.1. The standard InChI is InChI=1S/C15H21FN2/c1-10(2)15(17,14(3,4)16)12-9-18-13-8-6-5-7-11(12)13/h5-10,18H,17H2,1-4H3. The zero-order valence-electron chi connectivity index (χ0n) is 11.4. The van der Waals surface area contributed by atoms with Crippen molar-refractivity contribution in [2.24, 2.45) is 11.7 Å². The lowest BCUT2D eigenvalue weighted by Gasteiger charge is -2.42. The van der Waals surface area contributed by atoms with Gasteiger partial charge in [-0.3, -0.25) is 0 Å². The maximum Gasteiger partial charge on any atom is 0.127 e. The Bertz CT molecular complexity index is 551. The molecule has 2 nitrogen and oxygen atoms in total. The van der Waals surface area contributed by atoms with Gasteiger partial charge >= 0.3 is 0 Å². The molecule has 1 atom stereocenters. The van der Waals surface area contributed by atoms with Crippen molar-refractivity contribution in [3.8, 4) is 0 Å². The van der Waals surface area contributed by atoms with Crippen molar-refractivity contribution >= 4 is 10.9 Å². The van der Waals surface area contributed by atoms with Crippen LogP contribution < -0.4 is 5.73 Å². The van der Waals surface area contributed by atoms with Crippen LogP contribution in [0, 0.1) is 5.92 Å². The molecule has 3 N–H and O–H groups in total. The number of rotatable bonds is 3. The molecule has 2 rings (SSSR count). The Morgan fingerprint density at radius 3 is 2.39 bits per heavy atom. The second-order valence-electron chi connectivity index (χ2n) is 5.74. The van der Waals surface area contributed by atoms with Crippen LogP contribution in [0.2, 0.25) is 0 Å². The quantitative estimate of drug-likeness (QED) is 0.854. The fourth-order valence-corrected chi connectivity index (χ4v) is 2.73. The summed E-state index contributed by atoms with van der Waals surface area (Å²) < 4.78 is 14.6. The number of benzene rings is 1. The third-order valence-electron chi connectivity index (χ3n) is 3.93. The second kappa shape index (κ2) is 4.09. The molecule has 2 aromatic rings. The molecule has 0 radical (unpaired) electrons. The second-order valence-corrected chi connectivity index (χ2v) is 5.74. The fourth-order valence-electron chi connectivity index (χ4n) is 2.73. The van der Waals surface area contributed by atoms with E-state index in [-0.39, 0.29) is 5.92 Å². The highest BCUT2D eigenvalue weighted by Crippen LogP contribution is 2.42. The molecular weight excluding hydrogens is 227 g/mol. The summed E-state index contributed by atoms with van der Waals surface area (Å²) in [6.07, 6.45) is 1.84. The van der Waals surface area contributed by atoms with Crippen LogP contribution in [0.5, 0.6) is 0 Å². The number of fused-ring (bicyclic) bond motifs is 1. The SMILES string of the molecule is CC(C)C(N)(c1c[nH]c2ccccc12)C(C)(C)F. The molecule has 0 fully saturated rings. The Hall–Kier alpha value is -1.35. The van der Waals surface area contributed by atoms with Crippen LogP contribution in [0.15, 0.2) is 30.5 Å². The molecule has 0 saturated carbocycles. The Morgan fingerprint density at radius 1 is 1.22 bits per heavy atom. The molecule has 18 heavy (non-hydrogen) atoms. The van der Waals surface area contributed by atoms with Gasteiger partial charge in [0.05, 0.1) is 5.54 Å². The first-order valence-electron chi connectivity index (χ1n) is 6.33.